The Balaban J connectivity index is 1.45. The van der Waals surface area contributed by atoms with E-state index in [1.807, 2.05) is 12.1 Å². The van der Waals surface area contributed by atoms with E-state index in [1.54, 1.807) is 0 Å². The summed E-state index contributed by atoms with van der Waals surface area (Å²) in [5.74, 6) is 2.26. The molecule has 0 spiro atoms. The fourth-order valence-electron chi connectivity index (χ4n) is 4.56. The number of amides is 2. The lowest BCUT2D eigenvalue weighted by molar-refractivity contribution is -0.132. The minimum absolute atomic E-state index is 0.203. The molecule has 1 aromatic carbocycles. The van der Waals surface area contributed by atoms with E-state index in [0.29, 0.717) is 12.5 Å². The van der Waals surface area contributed by atoms with E-state index in [4.69, 9.17) is 0 Å². The molecule has 4 rings (SSSR count). The number of hydrogen-bond donors (Lipinski definition) is 2. The summed E-state index contributed by atoms with van der Waals surface area (Å²) in [7, 11) is 0. The molecule has 0 radical (unpaired) electrons. The van der Waals surface area contributed by atoms with Crippen molar-refractivity contribution < 1.29 is 14.7 Å². The van der Waals surface area contributed by atoms with Crippen molar-refractivity contribution >= 4 is 12.0 Å². The van der Waals surface area contributed by atoms with Crippen molar-refractivity contribution in [2.75, 3.05) is 6.54 Å². The van der Waals surface area contributed by atoms with Gasteiger partial charge in [0.1, 0.15) is 6.04 Å². The number of β-lactam (4-membered cyclic amide) rings is 1. The summed E-state index contributed by atoms with van der Waals surface area (Å²) in [6.07, 6.45) is 4.42. The van der Waals surface area contributed by atoms with Crippen molar-refractivity contribution in [3.63, 3.8) is 0 Å². The van der Waals surface area contributed by atoms with E-state index in [0.717, 1.165) is 17.4 Å². The first kappa shape index (κ1) is 14.5. The second-order valence-corrected chi connectivity index (χ2v) is 7.19. The van der Waals surface area contributed by atoms with Crippen molar-refractivity contribution in [2.45, 2.75) is 44.2 Å². The smallest absolute Gasteiger partial charge is 0.408 e. The van der Waals surface area contributed by atoms with E-state index in [1.165, 1.54) is 36.1 Å². The van der Waals surface area contributed by atoms with E-state index in [9.17, 15) is 14.7 Å². The predicted octanol–water partition coefficient (Wildman–Crippen LogP) is 2.57. The van der Waals surface area contributed by atoms with E-state index >= 15 is 0 Å². The molecule has 122 valence electrons. The van der Waals surface area contributed by atoms with E-state index < -0.39 is 12.1 Å². The third-order valence-electron chi connectivity index (χ3n) is 5.89. The minimum atomic E-state index is -1.04. The second-order valence-electron chi connectivity index (χ2n) is 7.19. The second kappa shape index (κ2) is 5.55. The van der Waals surface area contributed by atoms with Gasteiger partial charge in [-0.1, -0.05) is 30.7 Å². The molecule has 2 aliphatic carbocycles. The van der Waals surface area contributed by atoms with Crippen LogP contribution in [-0.4, -0.2) is 34.6 Å². The van der Waals surface area contributed by atoms with E-state index in [2.05, 4.69) is 17.4 Å². The quantitative estimate of drug-likeness (QED) is 0.839. The molecule has 3 aliphatic rings. The summed E-state index contributed by atoms with van der Waals surface area (Å²) in [4.78, 5) is 24.1. The monoisotopic (exact) mass is 314 g/mol. The Morgan fingerprint density at radius 2 is 2.00 bits per heavy atom. The Kier molecular flexibility index (Phi) is 3.51. The van der Waals surface area contributed by atoms with Crippen molar-refractivity contribution in [1.29, 1.82) is 0 Å². The standard InChI is InChI=1S/C18H22N2O3/c21-17-16(9-19-17)20(18(22)23)10-11-1-4-13(5-2-11)15-8-12-3-6-14(15)7-12/h1-2,4-5,12,14-16H,3,6-10H2,(H,19,21)(H,22,23)/t12?,14?,15?,16-/m0/s1. The highest BCUT2D eigenvalue weighted by Crippen LogP contribution is 2.52. The largest absolute Gasteiger partial charge is 0.465 e. The zero-order chi connectivity index (χ0) is 16.0. The Morgan fingerprint density at radius 1 is 1.22 bits per heavy atom. The number of nitrogens with one attached hydrogen (secondary N) is 1. The van der Waals surface area contributed by atoms with Crippen LogP contribution in [0.4, 0.5) is 4.79 Å². The SMILES string of the molecule is O=C1NC[C@@H]1N(Cc1ccc(C2CC3CCC2C3)cc1)C(=O)O. The lowest BCUT2D eigenvalue weighted by Gasteiger charge is -2.34. The van der Waals surface area contributed by atoms with Gasteiger partial charge in [-0.05, 0) is 48.1 Å². The molecule has 2 amide bonds. The zero-order valence-corrected chi connectivity index (χ0v) is 13.1. The van der Waals surface area contributed by atoms with Crippen LogP contribution in [0, 0.1) is 11.8 Å². The number of carboxylic acid groups (broad SMARTS) is 1. The Hall–Kier alpha value is -2.04. The number of hydrogen-bond acceptors (Lipinski definition) is 2. The van der Waals surface area contributed by atoms with Gasteiger partial charge in [-0.15, -0.1) is 0 Å². The van der Waals surface area contributed by atoms with Gasteiger partial charge in [-0.3, -0.25) is 9.69 Å². The van der Waals surface area contributed by atoms with Crippen LogP contribution in [0.3, 0.4) is 0 Å². The van der Waals surface area contributed by atoms with Crippen LogP contribution < -0.4 is 5.32 Å². The van der Waals surface area contributed by atoms with Gasteiger partial charge in [-0.25, -0.2) is 4.79 Å². The molecule has 1 saturated heterocycles. The number of carbonyl (C=O) groups excluding carboxylic acids is 1. The number of nitrogens with zero attached hydrogens (tertiary/aromatic N) is 1. The molecule has 23 heavy (non-hydrogen) atoms. The number of carbonyl (C=O) groups is 2. The average molecular weight is 314 g/mol. The van der Waals surface area contributed by atoms with Crippen LogP contribution in [-0.2, 0) is 11.3 Å². The molecule has 1 aliphatic heterocycles. The van der Waals surface area contributed by atoms with Gasteiger partial charge >= 0.3 is 6.09 Å². The Morgan fingerprint density at radius 3 is 2.48 bits per heavy atom. The molecular formula is C18H22N2O3. The van der Waals surface area contributed by atoms with Gasteiger partial charge in [0, 0.05) is 13.1 Å². The zero-order valence-electron chi connectivity index (χ0n) is 13.1. The first-order valence-corrected chi connectivity index (χ1v) is 8.48. The minimum Gasteiger partial charge on any atom is -0.465 e. The summed E-state index contributed by atoms with van der Waals surface area (Å²) in [5, 5.41) is 11.9. The molecule has 5 heteroatoms. The number of fused-ring (bicyclic) bond motifs is 2. The molecule has 0 aromatic heterocycles. The van der Waals surface area contributed by atoms with Crippen LogP contribution in [0.15, 0.2) is 24.3 Å². The maximum atomic E-state index is 11.5. The van der Waals surface area contributed by atoms with Gasteiger partial charge in [0.15, 0.2) is 0 Å². The molecule has 1 aromatic rings. The van der Waals surface area contributed by atoms with Gasteiger partial charge in [-0.2, -0.15) is 0 Å². The third-order valence-corrected chi connectivity index (χ3v) is 5.89. The topological polar surface area (TPSA) is 69.6 Å². The van der Waals surface area contributed by atoms with Gasteiger partial charge in [0.2, 0.25) is 5.91 Å². The van der Waals surface area contributed by atoms with E-state index in [-0.39, 0.29) is 12.5 Å². The highest BCUT2D eigenvalue weighted by molar-refractivity contribution is 5.90. The van der Waals surface area contributed by atoms with Crippen molar-refractivity contribution in [3.8, 4) is 0 Å². The summed E-state index contributed by atoms with van der Waals surface area (Å²) >= 11 is 0. The Bertz CT molecular complexity index is 628. The molecule has 1 heterocycles. The van der Waals surface area contributed by atoms with Gasteiger partial charge in [0.05, 0.1) is 0 Å². The molecule has 3 fully saturated rings. The summed E-state index contributed by atoms with van der Waals surface area (Å²) in [6.45, 7) is 0.679. The van der Waals surface area contributed by atoms with Gasteiger partial charge in [0.25, 0.3) is 0 Å². The molecule has 2 N–H and O–H groups in total. The van der Waals surface area contributed by atoms with Crippen molar-refractivity contribution in [2.24, 2.45) is 11.8 Å². The molecule has 4 atom stereocenters. The molecule has 3 unspecified atom stereocenters. The fourth-order valence-corrected chi connectivity index (χ4v) is 4.56. The van der Waals surface area contributed by atoms with Crippen molar-refractivity contribution in [1.82, 2.24) is 10.2 Å². The fraction of sp³-hybridized carbons (Fsp3) is 0.556. The van der Waals surface area contributed by atoms with Crippen LogP contribution >= 0.6 is 0 Å². The van der Waals surface area contributed by atoms with Crippen LogP contribution in [0.5, 0.6) is 0 Å². The number of benzene rings is 1. The highest BCUT2D eigenvalue weighted by Gasteiger charge is 2.40. The highest BCUT2D eigenvalue weighted by atomic mass is 16.4. The predicted molar refractivity (Wildman–Crippen MR) is 85.0 cm³/mol. The molecule has 2 bridgehead atoms. The van der Waals surface area contributed by atoms with Crippen LogP contribution in [0.2, 0.25) is 0 Å². The molecular weight excluding hydrogens is 292 g/mol. The normalized spacial score (nSPS) is 31.6. The van der Waals surface area contributed by atoms with Crippen LogP contribution in [0.1, 0.15) is 42.7 Å². The lowest BCUT2D eigenvalue weighted by Crippen LogP contribution is -2.62. The molecule has 2 saturated carbocycles. The lowest BCUT2D eigenvalue weighted by atomic mass is 9.83. The first-order chi connectivity index (χ1) is 11.1. The average Bonchev–Trinajstić information content (AvgIpc) is 3.16. The van der Waals surface area contributed by atoms with Gasteiger partial charge < -0.3 is 10.4 Å². The molecule has 5 nitrogen and oxygen atoms in total. The summed E-state index contributed by atoms with van der Waals surface area (Å²) in [6, 6.07) is 7.81. The maximum absolute atomic E-state index is 11.5. The number of rotatable bonds is 4. The van der Waals surface area contributed by atoms with Crippen LogP contribution in [0.25, 0.3) is 0 Å². The summed E-state index contributed by atoms with van der Waals surface area (Å²) < 4.78 is 0. The first-order valence-electron chi connectivity index (χ1n) is 8.48. The van der Waals surface area contributed by atoms with Crippen molar-refractivity contribution in [3.05, 3.63) is 35.4 Å². The third kappa shape index (κ3) is 2.58. The summed E-state index contributed by atoms with van der Waals surface area (Å²) in [5.41, 5.74) is 2.34. The Labute approximate surface area is 135 Å². The maximum Gasteiger partial charge on any atom is 0.408 e.